The first kappa shape index (κ1) is 24.3. The molecule has 0 bridgehead atoms. The lowest BCUT2D eigenvalue weighted by molar-refractivity contribution is -0.150. The van der Waals surface area contributed by atoms with Crippen molar-refractivity contribution in [3.05, 3.63) is 106 Å². The van der Waals surface area contributed by atoms with Crippen molar-refractivity contribution in [2.24, 2.45) is 0 Å². The van der Waals surface area contributed by atoms with Gasteiger partial charge in [-0.05, 0) is 51.4 Å². The van der Waals surface area contributed by atoms with Gasteiger partial charge in [0, 0.05) is 26.0 Å². The fourth-order valence-electron chi connectivity index (χ4n) is 4.95. The summed E-state index contributed by atoms with van der Waals surface area (Å²) in [6.07, 6.45) is 2.85. The lowest BCUT2D eigenvalue weighted by atomic mass is 9.87. The highest BCUT2D eigenvalue weighted by Gasteiger charge is 2.31. The largest absolute Gasteiger partial charge is 0.459 e. The van der Waals surface area contributed by atoms with Crippen LogP contribution in [0.25, 0.3) is 11.1 Å². The molecule has 0 spiro atoms. The number of rotatable bonds is 9. The molecule has 0 fully saturated rings. The van der Waals surface area contributed by atoms with E-state index >= 15 is 0 Å². The molecule has 36 heavy (non-hydrogen) atoms. The van der Waals surface area contributed by atoms with Gasteiger partial charge in [0.05, 0.1) is 19.8 Å². The van der Waals surface area contributed by atoms with Crippen molar-refractivity contribution < 1.29 is 24.1 Å². The molecule has 1 aliphatic carbocycles. The Hall–Kier alpha value is -3.45. The zero-order chi connectivity index (χ0) is 24.9. The summed E-state index contributed by atoms with van der Waals surface area (Å²) in [6, 6.07) is 22.6. The molecule has 0 aromatic heterocycles. The first-order valence-electron chi connectivity index (χ1n) is 12.3. The minimum Gasteiger partial charge on any atom is -0.459 e. The topological polar surface area (TPSA) is 77.0 Å². The van der Waals surface area contributed by atoms with Crippen molar-refractivity contribution in [2.75, 3.05) is 20.3 Å². The molecule has 1 heterocycles. The van der Waals surface area contributed by atoms with Gasteiger partial charge in [-0.25, -0.2) is 0 Å². The molecular weight excluding hydrogens is 454 g/mol. The number of allylic oxidation sites excluding steroid dienone is 1. The summed E-state index contributed by atoms with van der Waals surface area (Å²) in [4.78, 5) is 12.9. The smallest absolute Gasteiger partial charge is 0.286 e. The Kier molecular flexibility index (Phi) is 7.47. The molecule has 6 heteroatoms. The molecule has 1 aliphatic heterocycles. The monoisotopic (exact) mass is 485 g/mol. The van der Waals surface area contributed by atoms with Crippen LogP contribution in [0.3, 0.4) is 0 Å². The summed E-state index contributed by atoms with van der Waals surface area (Å²) in [6.45, 7) is 1.18. The first-order valence-corrected chi connectivity index (χ1v) is 12.3. The summed E-state index contributed by atoms with van der Waals surface area (Å²) in [5.41, 5.74) is 8.20. The summed E-state index contributed by atoms with van der Waals surface area (Å²) in [5, 5.41) is 12.1. The van der Waals surface area contributed by atoms with E-state index < -0.39 is 6.29 Å². The van der Waals surface area contributed by atoms with E-state index in [0.29, 0.717) is 26.2 Å². The molecule has 0 saturated carbocycles. The SMILES string of the molecule is COCCNC(=O)C1=CC(c2cccc3c2Cc2ccccc2-3)CC(OCc2ccc(CO)cc2)O1. The second-order valence-corrected chi connectivity index (χ2v) is 9.16. The van der Waals surface area contributed by atoms with Crippen LogP contribution in [-0.4, -0.2) is 37.6 Å². The van der Waals surface area contributed by atoms with Crippen LogP contribution in [0.4, 0.5) is 0 Å². The van der Waals surface area contributed by atoms with Gasteiger partial charge in [0.25, 0.3) is 5.91 Å². The van der Waals surface area contributed by atoms with Crippen LogP contribution in [-0.2, 0) is 38.6 Å². The number of carbonyl (C=O) groups is 1. The highest BCUT2D eigenvalue weighted by atomic mass is 16.7. The van der Waals surface area contributed by atoms with Gasteiger partial charge in [-0.2, -0.15) is 0 Å². The predicted octanol–water partition coefficient (Wildman–Crippen LogP) is 4.44. The number of aliphatic hydroxyl groups excluding tert-OH is 1. The van der Waals surface area contributed by atoms with Crippen molar-refractivity contribution in [2.45, 2.75) is 38.3 Å². The average Bonchev–Trinajstić information content (AvgIpc) is 3.31. The fraction of sp³-hybridized carbons (Fsp3) is 0.300. The summed E-state index contributed by atoms with van der Waals surface area (Å²) in [5.74, 6) is -0.0161. The standard InChI is InChI=1S/C30H31NO5/c1-34-14-13-31-30(33)28-16-23(17-29(36-28)35-19-21-11-9-20(18-32)10-12-21)25-7-4-8-26-24-6-3-2-5-22(24)15-27(25)26/h2-12,16,23,29,32H,13-15,17-19H2,1H3,(H,31,33). The number of fused-ring (bicyclic) bond motifs is 3. The predicted molar refractivity (Wildman–Crippen MR) is 137 cm³/mol. The normalized spacial score (nSPS) is 18.1. The molecule has 2 unspecified atom stereocenters. The Labute approximate surface area is 211 Å². The van der Waals surface area contributed by atoms with E-state index in [-0.39, 0.29) is 24.2 Å². The Bertz CT molecular complexity index is 1250. The van der Waals surface area contributed by atoms with Crippen LogP contribution in [0, 0.1) is 0 Å². The van der Waals surface area contributed by atoms with Gasteiger partial charge in [-0.1, -0.05) is 66.7 Å². The van der Waals surface area contributed by atoms with Gasteiger partial charge in [-0.15, -0.1) is 0 Å². The Balaban J connectivity index is 1.39. The molecule has 2 atom stereocenters. The third kappa shape index (κ3) is 5.21. The minimum atomic E-state index is -0.569. The second kappa shape index (κ2) is 11.1. The average molecular weight is 486 g/mol. The number of hydrogen-bond acceptors (Lipinski definition) is 5. The molecule has 186 valence electrons. The van der Waals surface area contributed by atoms with E-state index in [1.165, 1.54) is 27.8 Å². The highest BCUT2D eigenvalue weighted by molar-refractivity contribution is 5.91. The molecule has 0 radical (unpaired) electrons. The Morgan fingerprint density at radius 3 is 2.61 bits per heavy atom. The van der Waals surface area contributed by atoms with Crippen molar-refractivity contribution in [1.29, 1.82) is 0 Å². The number of aliphatic hydroxyl groups is 1. The number of benzene rings is 3. The molecular formula is C30H31NO5. The highest BCUT2D eigenvalue weighted by Crippen LogP contribution is 2.42. The van der Waals surface area contributed by atoms with E-state index in [1.807, 2.05) is 30.3 Å². The number of methoxy groups -OCH3 is 1. The van der Waals surface area contributed by atoms with E-state index in [9.17, 15) is 9.90 Å². The van der Waals surface area contributed by atoms with Crippen LogP contribution in [0.5, 0.6) is 0 Å². The summed E-state index contributed by atoms with van der Waals surface area (Å²) in [7, 11) is 1.60. The Morgan fingerprint density at radius 2 is 1.81 bits per heavy atom. The van der Waals surface area contributed by atoms with Gasteiger partial charge >= 0.3 is 0 Å². The van der Waals surface area contributed by atoms with Crippen molar-refractivity contribution in [1.82, 2.24) is 5.32 Å². The van der Waals surface area contributed by atoms with Crippen LogP contribution in [0.1, 0.15) is 40.2 Å². The zero-order valence-corrected chi connectivity index (χ0v) is 20.4. The number of ether oxygens (including phenoxy) is 3. The minimum absolute atomic E-state index is 0.00611. The quantitative estimate of drug-likeness (QED) is 0.343. The molecule has 3 aromatic rings. The van der Waals surface area contributed by atoms with E-state index in [4.69, 9.17) is 14.2 Å². The third-order valence-corrected chi connectivity index (χ3v) is 6.80. The number of carbonyl (C=O) groups excluding carboxylic acids is 1. The summed E-state index contributed by atoms with van der Waals surface area (Å²) < 4.78 is 17.2. The molecule has 0 saturated heterocycles. The van der Waals surface area contributed by atoms with Crippen molar-refractivity contribution in [3.8, 4) is 11.1 Å². The van der Waals surface area contributed by atoms with Crippen LogP contribution >= 0.6 is 0 Å². The van der Waals surface area contributed by atoms with E-state index in [0.717, 1.165) is 17.5 Å². The van der Waals surface area contributed by atoms with E-state index in [1.54, 1.807) is 7.11 Å². The van der Waals surface area contributed by atoms with E-state index in [2.05, 4.69) is 47.8 Å². The number of amides is 1. The van der Waals surface area contributed by atoms with Gasteiger partial charge in [-0.3, -0.25) is 4.79 Å². The van der Waals surface area contributed by atoms with Gasteiger partial charge in [0.1, 0.15) is 0 Å². The summed E-state index contributed by atoms with van der Waals surface area (Å²) >= 11 is 0. The third-order valence-electron chi connectivity index (χ3n) is 6.80. The molecule has 3 aromatic carbocycles. The van der Waals surface area contributed by atoms with Crippen molar-refractivity contribution >= 4 is 5.91 Å². The maximum Gasteiger partial charge on any atom is 0.286 e. The molecule has 2 N–H and O–H groups in total. The van der Waals surface area contributed by atoms with Crippen LogP contribution in [0.15, 0.2) is 78.6 Å². The van der Waals surface area contributed by atoms with Crippen LogP contribution in [0.2, 0.25) is 0 Å². The van der Waals surface area contributed by atoms with Gasteiger partial charge in [0.15, 0.2) is 5.76 Å². The van der Waals surface area contributed by atoms with Gasteiger partial charge in [0.2, 0.25) is 6.29 Å². The molecule has 2 aliphatic rings. The first-order chi connectivity index (χ1) is 17.7. The lowest BCUT2D eigenvalue weighted by Gasteiger charge is -2.30. The number of hydrogen-bond donors (Lipinski definition) is 2. The van der Waals surface area contributed by atoms with Crippen molar-refractivity contribution in [3.63, 3.8) is 0 Å². The maximum absolute atomic E-state index is 12.9. The maximum atomic E-state index is 12.9. The molecule has 6 nitrogen and oxygen atoms in total. The number of nitrogens with one attached hydrogen (secondary N) is 1. The lowest BCUT2D eigenvalue weighted by Crippen LogP contribution is -2.34. The molecule has 1 amide bonds. The fourth-order valence-corrected chi connectivity index (χ4v) is 4.95. The van der Waals surface area contributed by atoms with Gasteiger partial charge < -0.3 is 24.6 Å². The zero-order valence-electron chi connectivity index (χ0n) is 20.4. The second-order valence-electron chi connectivity index (χ2n) is 9.16. The molecule has 5 rings (SSSR count). The van der Waals surface area contributed by atoms with Crippen LogP contribution < -0.4 is 5.32 Å². The Morgan fingerprint density at radius 1 is 1.03 bits per heavy atom.